The number of methoxy groups -OCH3 is 2. The maximum Gasteiger partial charge on any atom is 0.262 e. The number of morpholine rings is 1. The first-order valence-corrected chi connectivity index (χ1v) is 14.8. The Kier molecular flexibility index (Phi) is 9.97. The number of carbonyl (C=O) groups excluding carboxylic acids is 2. The second-order valence-corrected chi connectivity index (χ2v) is 11.0. The SMILES string of the molecule is COc1ccc(C2=NN(C(=O)CN(CCN3CCOCC3)C(=O)c3ccccc3Cl)[C@@H](c3ccc(C)cc3)C2)c(OC)c1. The topological polar surface area (TPSA) is 83.9 Å². The minimum absolute atomic E-state index is 0.146. The van der Waals surface area contributed by atoms with Gasteiger partial charge in [-0.05, 0) is 36.8 Å². The maximum atomic E-state index is 14.1. The standard InChI is InChI=1S/C33H37ClN4O5/c1-23-8-10-24(11-9-23)30-21-29(27-13-12-25(41-2)20-31(27)42-3)35-38(30)32(39)22-37(15-14-36-16-18-43-19-17-36)33(40)26-6-4-5-7-28(26)34/h4-13,20,30H,14-19,21-22H2,1-3H3/t30-/m1/s1. The van der Waals surface area contributed by atoms with E-state index in [1.165, 1.54) is 5.01 Å². The average molecular weight is 605 g/mol. The van der Waals surface area contributed by atoms with Crippen LogP contribution in [0.2, 0.25) is 5.02 Å². The Labute approximate surface area is 257 Å². The van der Waals surface area contributed by atoms with E-state index in [1.807, 2.05) is 43.3 Å². The van der Waals surface area contributed by atoms with E-state index < -0.39 is 0 Å². The van der Waals surface area contributed by atoms with Crippen LogP contribution in [-0.4, -0.2) is 92.5 Å². The number of benzene rings is 3. The van der Waals surface area contributed by atoms with Crippen molar-refractivity contribution in [1.29, 1.82) is 0 Å². The highest BCUT2D eigenvalue weighted by Crippen LogP contribution is 2.36. The van der Waals surface area contributed by atoms with Crippen LogP contribution in [-0.2, 0) is 9.53 Å². The molecule has 1 fully saturated rings. The third-order valence-electron chi connectivity index (χ3n) is 7.86. The summed E-state index contributed by atoms with van der Waals surface area (Å²) in [5, 5.41) is 6.71. The first kappa shape index (κ1) is 30.5. The lowest BCUT2D eigenvalue weighted by atomic mass is 9.97. The van der Waals surface area contributed by atoms with E-state index in [0.29, 0.717) is 54.8 Å². The van der Waals surface area contributed by atoms with Crippen LogP contribution in [0.25, 0.3) is 0 Å². The molecule has 0 bridgehead atoms. The molecule has 2 heterocycles. The van der Waals surface area contributed by atoms with Gasteiger partial charge in [-0.3, -0.25) is 14.5 Å². The molecule has 0 N–H and O–H groups in total. The molecule has 5 rings (SSSR count). The molecule has 1 atom stereocenters. The van der Waals surface area contributed by atoms with Crippen molar-refractivity contribution in [2.24, 2.45) is 5.10 Å². The maximum absolute atomic E-state index is 14.1. The molecule has 1 saturated heterocycles. The van der Waals surface area contributed by atoms with Gasteiger partial charge in [0.2, 0.25) is 0 Å². The van der Waals surface area contributed by atoms with Crippen molar-refractivity contribution in [1.82, 2.24) is 14.8 Å². The largest absolute Gasteiger partial charge is 0.497 e. The van der Waals surface area contributed by atoms with Gasteiger partial charge in [0, 0.05) is 44.2 Å². The third kappa shape index (κ3) is 7.18. The van der Waals surface area contributed by atoms with Gasteiger partial charge in [-0.25, -0.2) is 5.01 Å². The fraction of sp³-hybridized carbons (Fsp3) is 0.364. The molecule has 0 unspecified atom stereocenters. The van der Waals surface area contributed by atoms with Crippen LogP contribution in [0.5, 0.6) is 11.5 Å². The number of rotatable bonds is 10. The van der Waals surface area contributed by atoms with Crippen molar-refractivity contribution in [3.63, 3.8) is 0 Å². The number of hydrogen-bond donors (Lipinski definition) is 0. The zero-order valence-electron chi connectivity index (χ0n) is 24.8. The van der Waals surface area contributed by atoms with Crippen LogP contribution in [0.3, 0.4) is 0 Å². The summed E-state index contributed by atoms with van der Waals surface area (Å²) >= 11 is 6.42. The summed E-state index contributed by atoms with van der Waals surface area (Å²) in [7, 11) is 3.20. The van der Waals surface area contributed by atoms with Crippen LogP contribution in [0.4, 0.5) is 0 Å². The summed E-state index contributed by atoms with van der Waals surface area (Å²) in [5.41, 5.74) is 3.95. The molecule has 43 heavy (non-hydrogen) atoms. The number of carbonyl (C=O) groups is 2. The first-order chi connectivity index (χ1) is 20.9. The molecule has 0 spiro atoms. The van der Waals surface area contributed by atoms with Gasteiger partial charge in [-0.15, -0.1) is 0 Å². The van der Waals surface area contributed by atoms with E-state index in [9.17, 15) is 9.59 Å². The van der Waals surface area contributed by atoms with Crippen molar-refractivity contribution in [3.8, 4) is 11.5 Å². The highest BCUT2D eigenvalue weighted by atomic mass is 35.5. The predicted octanol–water partition coefficient (Wildman–Crippen LogP) is 4.82. The number of hydrogen-bond acceptors (Lipinski definition) is 7. The molecule has 2 aliphatic heterocycles. The zero-order chi connectivity index (χ0) is 30.3. The molecular weight excluding hydrogens is 568 g/mol. The fourth-order valence-corrected chi connectivity index (χ4v) is 5.58. The van der Waals surface area contributed by atoms with Crippen molar-refractivity contribution in [3.05, 3.63) is 94.0 Å². The molecule has 2 amide bonds. The van der Waals surface area contributed by atoms with E-state index in [0.717, 1.165) is 35.5 Å². The van der Waals surface area contributed by atoms with Crippen LogP contribution < -0.4 is 9.47 Å². The minimum atomic E-state index is -0.341. The minimum Gasteiger partial charge on any atom is -0.497 e. The van der Waals surface area contributed by atoms with Gasteiger partial charge in [0.15, 0.2) is 0 Å². The summed E-state index contributed by atoms with van der Waals surface area (Å²) in [6.07, 6.45) is 0.490. The molecule has 10 heteroatoms. The summed E-state index contributed by atoms with van der Waals surface area (Å²) in [5.74, 6) is 0.696. The molecule has 3 aromatic carbocycles. The van der Waals surface area contributed by atoms with E-state index in [-0.39, 0.29) is 24.4 Å². The quantitative estimate of drug-likeness (QED) is 0.330. The van der Waals surface area contributed by atoms with Crippen LogP contribution >= 0.6 is 11.6 Å². The van der Waals surface area contributed by atoms with Gasteiger partial charge in [-0.2, -0.15) is 5.10 Å². The Morgan fingerprint density at radius 1 is 1.02 bits per heavy atom. The molecular formula is C33H37ClN4O5. The molecule has 0 aliphatic carbocycles. The predicted molar refractivity (Wildman–Crippen MR) is 166 cm³/mol. The monoisotopic (exact) mass is 604 g/mol. The molecule has 3 aromatic rings. The molecule has 9 nitrogen and oxygen atoms in total. The summed E-state index contributed by atoms with van der Waals surface area (Å²) in [6, 6.07) is 20.2. The molecule has 226 valence electrons. The van der Waals surface area contributed by atoms with Gasteiger partial charge in [0.05, 0.1) is 49.8 Å². The van der Waals surface area contributed by atoms with Gasteiger partial charge in [0.1, 0.15) is 18.0 Å². The average Bonchev–Trinajstić information content (AvgIpc) is 3.49. The van der Waals surface area contributed by atoms with Crippen LogP contribution in [0, 0.1) is 6.92 Å². The van der Waals surface area contributed by atoms with Gasteiger partial charge in [-0.1, -0.05) is 53.6 Å². The highest BCUT2D eigenvalue weighted by Gasteiger charge is 2.35. The van der Waals surface area contributed by atoms with Crippen LogP contribution in [0.15, 0.2) is 71.8 Å². The Morgan fingerprint density at radius 3 is 2.47 bits per heavy atom. The lowest BCUT2D eigenvalue weighted by Gasteiger charge is -2.31. The summed E-state index contributed by atoms with van der Waals surface area (Å²) in [4.78, 5) is 31.7. The molecule has 0 aromatic heterocycles. The van der Waals surface area contributed by atoms with E-state index in [2.05, 4.69) is 4.90 Å². The Bertz CT molecular complexity index is 1470. The zero-order valence-corrected chi connectivity index (χ0v) is 25.5. The smallest absolute Gasteiger partial charge is 0.262 e. The Hall–Kier alpha value is -3.92. The van der Waals surface area contributed by atoms with Crippen molar-refractivity contribution < 1.29 is 23.8 Å². The Morgan fingerprint density at radius 2 is 1.77 bits per heavy atom. The second-order valence-electron chi connectivity index (χ2n) is 10.6. The number of nitrogens with zero attached hydrogens (tertiary/aromatic N) is 4. The third-order valence-corrected chi connectivity index (χ3v) is 8.18. The Balaban J connectivity index is 1.45. The van der Waals surface area contributed by atoms with Gasteiger partial charge >= 0.3 is 0 Å². The second kappa shape index (κ2) is 14.0. The molecule has 2 aliphatic rings. The number of ether oxygens (including phenoxy) is 3. The summed E-state index contributed by atoms with van der Waals surface area (Å²) in [6.45, 7) is 5.71. The van der Waals surface area contributed by atoms with E-state index in [1.54, 1.807) is 49.5 Å². The number of halogens is 1. The molecule has 0 radical (unpaired) electrons. The molecule has 0 saturated carbocycles. The van der Waals surface area contributed by atoms with Gasteiger partial charge in [0.25, 0.3) is 11.8 Å². The van der Waals surface area contributed by atoms with Crippen LogP contribution in [0.1, 0.15) is 39.5 Å². The van der Waals surface area contributed by atoms with Gasteiger partial charge < -0.3 is 19.1 Å². The number of amides is 2. The van der Waals surface area contributed by atoms with E-state index >= 15 is 0 Å². The normalized spacial score (nSPS) is 17.0. The lowest BCUT2D eigenvalue weighted by molar-refractivity contribution is -0.133. The number of aryl methyl sites for hydroxylation is 1. The lowest BCUT2D eigenvalue weighted by Crippen LogP contribution is -2.46. The van der Waals surface area contributed by atoms with Crippen molar-refractivity contribution >= 4 is 29.1 Å². The van der Waals surface area contributed by atoms with E-state index in [4.69, 9.17) is 30.9 Å². The fourth-order valence-electron chi connectivity index (χ4n) is 5.37. The summed E-state index contributed by atoms with van der Waals surface area (Å²) < 4.78 is 16.5. The van der Waals surface area contributed by atoms with Crippen molar-refractivity contribution in [2.75, 3.05) is 60.2 Å². The van der Waals surface area contributed by atoms with Crippen molar-refractivity contribution in [2.45, 2.75) is 19.4 Å². The highest BCUT2D eigenvalue weighted by molar-refractivity contribution is 6.33. The number of hydrazone groups is 1. The first-order valence-electron chi connectivity index (χ1n) is 14.4.